The van der Waals surface area contributed by atoms with Crippen LogP contribution in [-0.2, 0) is 18.1 Å². The average Bonchev–Trinajstić information content (AvgIpc) is 3.16. The summed E-state index contributed by atoms with van der Waals surface area (Å²) >= 11 is 0. The summed E-state index contributed by atoms with van der Waals surface area (Å²) in [6.45, 7) is 5.91. The van der Waals surface area contributed by atoms with Gasteiger partial charge in [-0.25, -0.2) is 0 Å². The van der Waals surface area contributed by atoms with Gasteiger partial charge in [0.1, 0.15) is 6.54 Å². The van der Waals surface area contributed by atoms with Crippen molar-refractivity contribution < 1.29 is 17.7 Å². The SMILES string of the molecule is CC(C)(C)c1nc(Cn2nnc(-c3cccc(C(F)(F)F)c3)n2)no1. The van der Waals surface area contributed by atoms with Gasteiger partial charge in [0.05, 0.1) is 5.56 Å². The number of benzene rings is 1. The fraction of sp³-hybridized carbons (Fsp3) is 0.400. The third kappa shape index (κ3) is 3.83. The largest absolute Gasteiger partial charge is 0.416 e. The molecule has 0 fully saturated rings. The van der Waals surface area contributed by atoms with Crippen LogP contribution in [0.2, 0.25) is 0 Å². The lowest BCUT2D eigenvalue weighted by Gasteiger charge is -2.10. The van der Waals surface area contributed by atoms with Crippen molar-refractivity contribution in [2.24, 2.45) is 0 Å². The monoisotopic (exact) mass is 352 g/mol. The summed E-state index contributed by atoms with van der Waals surface area (Å²) in [5.41, 5.74) is -0.830. The van der Waals surface area contributed by atoms with E-state index in [0.29, 0.717) is 11.7 Å². The Morgan fingerprint density at radius 3 is 2.56 bits per heavy atom. The van der Waals surface area contributed by atoms with Gasteiger partial charge in [-0.3, -0.25) is 0 Å². The predicted octanol–water partition coefficient (Wildman–Crippen LogP) is 3.09. The highest BCUT2D eigenvalue weighted by atomic mass is 19.4. The fourth-order valence-corrected chi connectivity index (χ4v) is 2.01. The van der Waals surface area contributed by atoms with Crippen LogP contribution in [0.1, 0.15) is 38.0 Å². The molecule has 10 heteroatoms. The molecular weight excluding hydrogens is 337 g/mol. The van der Waals surface area contributed by atoms with Gasteiger partial charge in [0.2, 0.25) is 11.7 Å². The Morgan fingerprint density at radius 1 is 1.16 bits per heavy atom. The summed E-state index contributed by atoms with van der Waals surface area (Å²) in [6.07, 6.45) is -4.43. The topological polar surface area (TPSA) is 82.5 Å². The zero-order valence-corrected chi connectivity index (χ0v) is 13.7. The Kier molecular flexibility index (Phi) is 4.05. The van der Waals surface area contributed by atoms with Crippen LogP contribution < -0.4 is 0 Å². The lowest BCUT2D eigenvalue weighted by atomic mass is 9.97. The molecule has 3 rings (SSSR count). The molecule has 7 nitrogen and oxygen atoms in total. The predicted molar refractivity (Wildman–Crippen MR) is 80.4 cm³/mol. The smallest absolute Gasteiger partial charge is 0.339 e. The molecule has 2 heterocycles. The highest BCUT2D eigenvalue weighted by Crippen LogP contribution is 2.31. The molecular formula is C15H15F3N6O. The Bertz CT molecular complexity index is 878. The molecule has 0 unspecified atom stereocenters. The van der Waals surface area contributed by atoms with Crippen molar-refractivity contribution in [3.8, 4) is 11.4 Å². The second-order valence-electron chi connectivity index (χ2n) is 6.49. The number of halogens is 3. The van der Waals surface area contributed by atoms with E-state index >= 15 is 0 Å². The van der Waals surface area contributed by atoms with Crippen molar-refractivity contribution in [1.82, 2.24) is 30.3 Å². The highest BCUT2D eigenvalue weighted by molar-refractivity contribution is 5.55. The van der Waals surface area contributed by atoms with Gasteiger partial charge >= 0.3 is 6.18 Å². The zero-order chi connectivity index (χ0) is 18.2. The molecule has 2 aromatic heterocycles. The van der Waals surface area contributed by atoms with Gasteiger partial charge in [-0.2, -0.15) is 23.0 Å². The van der Waals surface area contributed by atoms with Crippen LogP contribution in [0.3, 0.4) is 0 Å². The fourth-order valence-electron chi connectivity index (χ4n) is 2.01. The maximum Gasteiger partial charge on any atom is 0.416 e. The normalized spacial score (nSPS) is 12.6. The zero-order valence-electron chi connectivity index (χ0n) is 13.7. The van der Waals surface area contributed by atoms with E-state index in [4.69, 9.17) is 4.52 Å². The Balaban J connectivity index is 1.80. The summed E-state index contributed by atoms with van der Waals surface area (Å²) in [4.78, 5) is 5.45. The minimum Gasteiger partial charge on any atom is -0.339 e. The summed E-state index contributed by atoms with van der Waals surface area (Å²) in [7, 11) is 0. The van der Waals surface area contributed by atoms with E-state index in [9.17, 15) is 13.2 Å². The van der Waals surface area contributed by atoms with Crippen LogP contribution in [0.25, 0.3) is 11.4 Å². The minimum atomic E-state index is -4.43. The molecule has 0 saturated heterocycles. The summed E-state index contributed by atoms with van der Waals surface area (Å²) < 4.78 is 43.5. The van der Waals surface area contributed by atoms with E-state index in [1.165, 1.54) is 16.9 Å². The highest BCUT2D eigenvalue weighted by Gasteiger charge is 2.30. The van der Waals surface area contributed by atoms with Gasteiger partial charge in [0.15, 0.2) is 5.82 Å². The van der Waals surface area contributed by atoms with Crippen LogP contribution in [0.5, 0.6) is 0 Å². The summed E-state index contributed by atoms with van der Waals surface area (Å²) in [5.74, 6) is 0.921. The van der Waals surface area contributed by atoms with Gasteiger partial charge in [-0.05, 0) is 17.3 Å². The summed E-state index contributed by atoms with van der Waals surface area (Å²) in [5, 5.41) is 15.5. The van der Waals surface area contributed by atoms with Gasteiger partial charge < -0.3 is 4.52 Å². The lowest BCUT2D eigenvalue weighted by Crippen LogP contribution is -2.12. The average molecular weight is 352 g/mol. The first-order chi connectivity index (χ1) is 11.6. The maximum atomic E-state index is 12.8. The minimum absolute atomic E-state index is 0.0886. The maximum absolute atomic E-state index is 12.8. The van der Waals surface area contributed by atoms with Gasteiger partial charge in [-0.1, -0.05) is 38.1 Å². The van der Waals surface area contributed by atoms with E-state index in [-0.39, 0.29) is 23.3 Å². The number of hydrogen-bond acceptors (Lipinski definition) is 6. The van der Waals surface area contributed by atoms with Crippen LogP contribution in [0, 0.1) is 0 Å². The Hall–Kier alpha value is -2.78. The van der Waals surface area contributed by atoms with E-state index in [1.807, 2.05) is 20.8 Å². The van der Waals surface area contributed by atoms with Crippen molar-refractivity contribution in [3.05, 3.63) is 41.5 Å². The molecule has 0 bridgehead atoms. The molecule has 25 heavy (non-hydrogen) atoms. The number of rotatable bonds is 3. The van der Waals surface area contributed by atoms with E-state index in [0.717, 1.165) is 12.1 Å². The Morgan fingerprint density at radius 2 is 1.92 bits per heavy atom. The van der Waals surface area contributed by atoms with Gasteiger partial charge in [-0.15, -0.1) is 10.2 Å². The molecule has 0 atom stereocenters. The standard InChI is InChI=1S/C15H15F3N6O/c1-14(2,3)13-19-11(22-25-13)8-24-21-12(20-23-24)9-5-4-6-10(7-9)15(16,17)18/h4-7H,8H2,1-3H3. The molecule has 0 aliphatic rings. The van der Waals surface area contributed by atoms with Gasteiger partial charge in [0, 0.05) is 11.0 Å². The number of nitrogens with zero attached hydrogens (tertiary/aromatic N) is 6. The Labute approximate surface area is 140 Å². The number of alkyl halides is 3. The molecule has 0 saturated carbocycles. The molecule has 0 N–H and O–H groups in total. The van der Waals surface area contributed by atoms with Crippen LogP contribution in [0.15, 0.2) is 28.8 Å². The molecule has 132 valence electrons. The molecule has 0 radical (unpaired) electrons. The molecule has 1 aromatic carbocycles. The molecule has 0 spiro atoms. The lowest BCUT2D eigenvalue weighted by molar-refractivity contribution is -0.137. The van der Waals surface area contributed by atoms with Crippen molar-refractivity contribution in [3.63, 3.8) is 0 Å². The van der Waals surface area contributed by atoms with Gasteiger partial charge in [0.25, 0.3) is 0 Å². The summed E-state index contributed by atoms with van der Waals surface area (Å²) in [6, 6.07) is 4.75. The van der Waals surface area contributed by atoms with E-state index < -0.39 is 11.7 Å². The van der Waals surface area contributed by atoms with Crippen molar-refractivity contribution in [1.29, 1.82) is 0 Å². The van der Waals surface area contributed by atoms with Crippen molar-refractivity contribution in [2.75, 3.05) is 0 Å². The first-order valence-electron chi connectivity index (χ1n) is 7.41. The molecule has 0 aliphatic heterocycles. The quantitative estimate of drug-likeness (QED) is 0.720. The van der Waals surface area contributed by atoms with Crippen LogP contribution >= 0.6 is 0 Å². The first-order valence-corrected chi connectivity index (χ1v) is 7.41. The van der Waals surface area contributed by atoms with E-state index in [2.05, 4.69) is 25.6 Å². The van der Waals surface area contributed by atoms with Crippen molar-refractivity contribution in [2.45, 2.75) is 38.9 Å². The molecule has 0 aliphatic carbocycles. The second-order valence-corrected chi connectivity index (χ2v) is 6.49. The second kappa shape index (κ2) is 5.94. The van der Waals surface area contributed by atoms with Crippen LogP contribution in [0.4, 0.5) is 13.2 Å². The molecule has 3 aromatic rings. The van der Waals surface area contributed by atoms with Crippen molar-refractivity contribution >= 4 is 0 Å². The number of tetrazole rings is 1. The van der Waals surface area contributed by atoms with Crippen LogP contribution in [-0.4, -0.2) is 30.3 Å². The number of hydrogen-bond donors (Lipinski definition) is 0. The third-order valence-corrected chi connectivity index (χ3v) is 3.29. The number of aromatic nitrogens is 6. The third-order valence-electron chi connectivity index (χ3n) is 3.29. The molecule has 0 amide bonds. The van der Waals surface area contributed by atoms with E-state index in [1.54, 1.807) is 0 Å². The first kappa shape index (κ1) is 17.1.